The molecule has 3 heteroatoms. The zero-order valence-corrected chi connectivity index (χ0v) is 7.71. The van der Waals surface area contributed by atoms with Gasteiger partial charge in [-0.2, -0.15) is 0 Å². The van der Waals surface area contributed by atoms with Crippen LogP contribution in [0.5, 0.6) is 0 Å². The minimum atomic E-state index is 0.332. The highest BCUT2D eigenvalue weighted by Crippen LogP contribution is 2.24. The lowest BCUT2D eigenvalue weighted by Crippen LogP contribution is -2.14. The summed E-state index contributed by atoms with van der Waals surface area (Å²) in [5.74, 6) is 0.803. The number of halogens is 1. The molecule has 10 heavy (non-hydrogen) atoms. The summed E-state index contributed by atoms with van der Waals surface area (Å²) in [6.45, 7) is 0.616. The monoisotopic (exact) mass is 251 g/mol. The summed E-state index contributed by atoms with van der Waals surface area (Å²) in [5.41, 5.74) is 5.42. The minimum Gasteiger partial charge on any atom is -0.511 e. The van der Waals surface area contributed by atoms with Crippen molar-refractivity contribution in [3.05, 3.63) is 21.5 Å². The molecule has 0 saturated carbocycles. The zero-order valence-electron chi connectivity index (χ0n) is 5.55. The summed E-state index contributed by atoms with van der Waals surface area (Å²) in [4.78, 5) is 0. The van der Waals surface area contributed by atoms with Crippen LogP contribution >= 0.6 is 22.6 Å². The Morgan fingerprint density at radius 3 is 3.00 bits per heavy atom. The van der Waals surface area contributed by atoms with Crippen LogP contribution in [0, 0.1) is 5.92 Å². The number of aliphatic hydroxyl groups is 1. The number of hydrogen-bond donors (Lipinski definition) is 2. The molecule has 0 heterocycles. The van der Waals surface area contributed by atoms with E-state index in [9.17, 15) is 5.11 Å². The van der Waals surface area contributed by atoms with Crippen molar-refractivity contribution >= 4 is 22.6 Å². The molecule has 1 rings (SSSR count). The molecule has 0 amide bonds. The topological polar surface area (TPSA) is 46.2 Å². The fourth-order valence-electron chi connectivity index (χ4n) is 0.893. The van der Waals surface area contributed by atoms with Gasteiger partial charge in [0.2, 0.25) is 0 Å². The van der Waals surface area contributed by atoms with Gasteiger partial charge in [0.25, 0.3) is 0 Å². The molecule has 0 saturated heterocycles. The molecule has 0 aromatic rings. The van der Waals surface area contributed by atoms with Gasteiger partial charge in [0.05, 0.1) is 3.58 Å². The predicted molar refractivity (Wildman–Crippen MR) is 50.0 cm³/mol. The average molecular weight is 251 g/mol. The molecule has 56 valence electrons. The number of allylic oxidation sites excluding steroid dienone is 3. The second-order valence-corrected chi connectivity index (χ2v) is 3.52. The van der Waals surface area contributed by atoms with Gasteiger partial charge in [-0.05, 0) is 41.1 Å². The first kappa shape index (κ1) is 8.07. The highest BCUT2D eigenvalue weighted by Gasteiger charge is 2.11. The highest BCUT2D eigenvalue weighted by molar-refractivity contribution is 14.1. The minimum absolute atomic E-state index is 0.332. The van der Waals surface area contributed by atoms with Crippen LogP contribution in [0.25, 0.3) is 0 Å². The largest absolute Gasteiger partial charge is 0.511 e. The van der Waals surface area contributed by atoms with Gasteiger partial charge in [0, 0.05) is 6.42 Å². The lowest BCUT2D eigenvalue weighted by molar-refractivity contribution is 0.364. The van der Waals surface area contributed by atoms with Crippen LogP contribution in [0.3, 0.4) is 0 Å². The number of hydrogen-bond acceptors (Lipinski definition) is 2. The van der Waals surface area contributed by atoms with E-state index in [1.165, 1.54) is 0 Å². The summed E-state index contributed by atoms with van der Waals surface area (Å²) in [6.07, 6.45) is 4.66. The van der Waals surface area contributed by atoms with Crippen LogP contribution in [-0.4, -0.2) is 11.7 Å². The molecule has 0 bridgehead atoms. The normalized spacial score (nSPS) is 25.6. The molecule has 0 aliphatic heterocycles. The molecule has 0 aromatic carbocycles. The van der Waals surface area contributed by atoms with Crippen molar-refractivity contribution in [1.82, 2.24) is 0 Å². The maximum atomic E-state index is 9.24. The first-order valence-corrected chi connectivity index (χ1v) is 4.27. The predicted octanol–water partition coefficient (Wildman–Crippen LogP) is 1.73. The van der Waals surface area contributed by atoms with E-state index in [1.54, 1.807) is 0 Å². The van der Waals surface area contributed by atoms with Gasteiger partial charge in [-0.3, -0.25) is 0 Å². The second-order valence-electron chi connectivity index (χ2n) is 2.35. The first-order valence-electron chi connectivity index (χ1n) is 3.20. The maximum absolute atomic E-state index is 9.24. The molecule has 0 aromatic heterocycles. The van der Waals surface area contributed by atoms with Crippen molar-refractivity contribution in [2.45, 2.75) is 6.42 Å². The molecular weight excluding hydrogens is 241 g/mol. The van der Waals surface area contributed by atoms with E-state index in [2.05, 4.69) is 22.6 Å². The van der Waals surface area contributed by atoms with Crippen molar-refractivity contribution in [3.63, 3.8) is 0 Å². The van der Waals surface area contributed by atoms with E-state index >= 15 is 0 Å². The van der Waals surface area contributed by atoms with Gasteiger partial charge in [0.15, 0.2) is 0 Å². The van der Waals surface area contributed by atoms with Crippen molar-refractivity contribution in [1.29, 1.82) is 0 Å². The van der Waals surface area contributed by atoms with Crippen molar-refractivity contribution < 1.29 is 5.11 Å². The van der Waals surface area contributed by atoms with Crippen molar-refractivity contribution in [3.8, 4) is 0 Å². The molecule has 1 aliphatic rings. The van der Waals surface area contributed by atoms with Crippen LogP contribution in [0.15, 0.2) is 21.5 Å². The standard InChI is InChI=1S/C7H10INO/c8-6-2-1-5(4-9)3-7(6)10/h1-2,5,10H,3-4,9H2. The maximum Gasteiger partial charge on any atom is 0.106 e. The Kier molecular flexibility index (Phi) is 2.73. The van der Waals surface area contributed by atoms with Crippen LogP contribution in [0.2, 0.25) is 0 Å². The van der Waals surface area contributed by atoms with Gasteiger partial charge in [-0.25, -0.2) is 0 Å². The lowest BCUT2D eigenvalue weighted by atomic mass is 10.00. The quantitative estimate of drug-likeness (QED) is 0.697. The molecule has 3 N–H and O–H groups in total. The van der Waals surface area contributed by atoms with Crippen LogP contribution in [0.4, 0.5) is 0 Å². The summed E-state index contributed by atoms with van der Waals surface area (Å²) in [6, 6.07) is 0. The fraction of sp³-hybridized carbons (Fsp3) is 0.429. The van der Waals surface area contributed by atoms with Gasteiger partial charge in [-0.15, -0.1) is 0 Å². The molecule has 0 radical (unpaired) electrons. The molecule has 1 unspecified atom stereocenters. The average Bonchev–Trinajstić information content (AvgIpc) is 1.95. The first-order chi connectivity index (χ1) is 4.74. The van der Waals surface area contributed by atoms with E-state index in [0.717, 1.165) is 3.58 Å². The molecule has 2 nitrogen and oxygen atoms in total. The van der Waals surface area contributed by atoms with E-state index < -0.39 is 0 Å². The summed E-state index contributed by atoms with van der Waals surface area (Å²) in [5, 5.41) is 9.24. The Bertz CT molecular complexity index is 186. The summed E-state index contributed by atoms with van der Waals surface area (Å²) in [7, 11) is 0. The molecule has 0 fully saturated rings. The van der Waals surface area contributed by atoms with Crippen LogP contribution < -0.4 is 5.73 Å². The van der Waals surface area contributed by atoms with Crippen LogP contribution in [-0.2, 0) is 0 Å². The fourth-order valence-corrected chi connectivity index (χ4v) is 1.32. The molecule has 0 spiro atoms. The summed E-state index contributed by atoms with van der Waals surface area (Å²) >= 11 is 2.11. The Morgan fingerprint density at radius 2 is 2.50 bits per heavy atom. The zero-order chi connectivity index (χ0) is 7.56. The van der Waals surface area contributed by atoms with Gasteiger partial charge < -0.3 is 10.8 Å². The number of rotatable bonds is 1. The number of nitrogens with two attached hydrogens (primary N) is 1. The van der Waals surface area contributed by atoms with E-state index in [1.807, 2.05) is 12.2 Å². The Balaban J connectivity index is 2.65. The Hall–Kier alpha value is -0.0300. The van der Waals surface area contributed by atoms with Gasteiger partial charge >= 0.3 is 0 Å². The third kappa shape index (κ3) is 1.73. The Labute approximate surface area is 73.9 Å². The molecule has 1 atom stereocenters. The third-order valence-electron chi connectivity index (χ3n) is 1.55. The van der Waals surface area contributed by atoms with E-state index in [-0.39, 0.29) is 0 Å². The van der Waals surface area contributed by atoms with Gasteiger partial charge in [0.1, 0.15) is 5.76 Å². The summed E-state index contributed by atoms with van der Waals surface area (Å²) < 4.78 is 0.933. The van der Waals surface area contributed by atoms with Crippen molar-refractivity contribution in [2.24, 2.45) is 11.7 Å². The smallest absolute Gasteiger partial charge is 0.106 e. The highest BCUT2D eigenvalue weighted by atomic mass is 127. The lowest BCUT2D eigenvalue weighted by Gasteiger charge is -2.14. The molecular formula is C7H10INO. The van der Waals surface area contributed by atoms with Crippen LogP contribution in [0.1, 0.15) is 6.42 Å². The number of aliphatic hydroxyl groups excluding tert-OH is 1. The molecule has 1 aliphatic carbocycles. The Morgan fingerprint density at radius 1 is 1.80 bits per heavy atom. The second kappa shape index (κ2) is 3.39. The van der Waals surface area contributed by atoms with E-state index in [4.69, 9.17) is 5.73 Å². The van der Waals surface area contributed by atoms with Crippen molar-refractivity contribution in [2.75, 3.05) is 6.54 Å². The third-order valence-corrected chi connectivity index (χ3v) is 2.53. The SMILES string of the molecule is NCC1C=CC(I)=C(O)C1. The van der Waals surface area contributed by atoms with Gasteiger partial charge in [-0.1, -0.05) is 6.08 Å². The van der Waals surface area contributed by atoms with E-state index in [0.29, 0.717) is 24.6 Å².